The van der Waals surface area contributed by atoms with E-state index in [4.69, 9.17) is 21.1 Å². The summed E-state index contributed by atoms with van der Waals surface area (Å²) in [5, 5.41) is 3.78. The van der Waals surface area contributed by atoms with Gasteiger partial charge in [-0.2, -0.15) is 0 Å². The normalized spacial score (nSPS) is 17.1. The van der Waals surface area contributed by atoms with Crippen LogP contribution in [0.1, 0.15) is 12.8 Å². The molecular weight excluding hydrogens is 342 g/mol. The number of hydrogen-bond donors (Lipinski definition) is 1. The lowest BCUT2D eigenvalue weighted by Gasteiger charge is -2.11. The van der Waals surface area contributed by atoms with Gasteiger partial charge < -0.3 is 19.4 Å². The van der Waals surface area contributed by atoms with Crippen molar-refractivity contribution in [2.75, 3.05) is 19.0 Å². The van der Waals surface area contributed by atoms with Gasteiger partial charge in [0, 0.05) is 12.3 Å². The Morgan fingerprint density at radius 3 is 3.04 bits per heavy atom. The Labute approximate surface area is 150 Å². The lowest BCUT2D eigenvalue weighted by Crippen LogP contribution is -2.14. The van der Waals surface area contributed by atoms with Crippen molar-refractivity contribution < 1.29 is 9.47 Å². The standard InChI is InChI=1S/C17H18ClN5O2/c1-24-14-5-4-11(7-13(14)18)22-16-15-17(20-9-19-16)23(10-21-15)8-12-3-2-6-25-12/h4-5,7,9-10,12H,2-3,6,8H2,1H3,(H,19,20,22). The molecule has 4 rings (SSSR count). The zero-order chi connectivity index (χ0) is 17.2. The second-order valence-electron chi connectivity index (χ2n) is 5.90. The lowest BCUT2D eigenvalue weighted by molar-refractivity contribution is 0.0978. The summed E-state index contributed by atoms with van der Waals surface area (Å²) in [6.07, 6.45) is 5.72. The molecule has 0 aliphatic carbocycles. The Hall–Kier alpha value is -2.38. The van der Waals surface area contributed by atoms with Crippen LogP contribution in [0.2, 0.25) is 5.02 Å². The summed E-state index contributed by atoms with van der Waals surface area (Å²) >= 11 is 6.18. The quantitative estimate of drug-likeness (QED) is 0.752. The number of rotatable bonds is 5. The highest BCUT2D eigenvalue weighted by atomic mass is 35.5. The zero-order valence-electron chi connectivity index (χ0n) is 13.8. The Bertz CT molecular complexity index is 892. The lowest BCUT2D eigenvalue weighted by atomic mass is 10.2. The first kappa shape index (κ1) is 16.1. The zero-order valence-corrected chi connectivity index (χ0v) is 14.5. The van der Waals surface area contributed by atoms with Crippen LogP contribution in [0.4, 0.5) is 11.5 Å². The number of nitrogens with zero attached hydrogens (tertiary/aromatic N) is 4. The van der Waals surface area contributed by atoms with Gasteiger partial charge >= 0.3 is 0 Å². The summed E-state index contributed by atoms with van der Waals surface area (Å²) in [6, 6.07) is 5.47. The van der Waals surface area contributed by atoms with Crippen molar-refractivity contribution in [3.63, 3.8) is 0 Å². The van der Waals surface area contributed by atoms with Gasteiger partial charge in [-0.15, -0.1) is 0 Å². The molecule has 0 spiro atoms. The number of benzene rings is 1. The van der Waals surface area contributed by atoms with Gasteiger partial charge in [-0.05, 0) is 31.0 Å². The number of aromatic nitrogens is 4. The fraction of sp³-hybridized carbons (Fsp3) is 0.353. The maximum Gasteiger partial charge on any atom is 0.165 e. The van der Waals surface area contributed by atoms with Crippen LogP contribution in [0, 0.1) is 0 Å². The smallest absolute Gasteiger partial charge is 0.165 e. The molecule has 1 saturated heterocycles. The average molecular weight is 360 g/mol. The molecule has 130 valence electrons. The highest BCUT2D eigenvalue weighted by Gasteiger charge is 2.18. The number of hydrogen-bond acceptors (Lipinski definition) is 6. The number of fused-ring (bicyclic) bond motifs is 1. The Balaban J connectivity index is 1.61. The fourth-order valence-electron chi connectivity index (χ4n) is 2.99. The van der Waals surface area contributed by atoms with Gasteiger partial charge in [-0.25, -0.2) is 15.0 Å². The van der Waals surface area contributed by atoms with Crippen molar-refractivity contribution in [1.82, 2.24) is 19.5 Å². The second kappa shape index (κ2) is 6.85. The van der Waals surface area contributed by atoms with Gasteiger partial charge in [0.25, 0.3) is 0 Å². The van der Waals surface area contributed by atoms with Crippen molar-refractivity contribution in [1.29, 1.82) is 0 Å². The maximum atomic E-state index is 6.18. The fourth-order valence-corrected chi connectivity index (χ4v) is 3.25. The molecule has 1 aliphatic heterocycles. The van der Waals surface area contributed by atoms with Gasteiger partial charge in [0.1, 0.15) is 12.1 Å². The first-order valence-electron chi connectivity index (χ1n) is 8.12. The van der Waals surface area contributed by atoms with E-state index >= 15 is 0 Å². The third-order valence-corrected chi connectivity index (χ3v) is 4.54. The maximum absolute atomic E-state index is 6.18. The minimum Gasteiger partial charge on any atom is -0.495 e. The molecule has 2 aromatic heterocycles. The van der Waals surface area contributed by atoms with E-state index in [9.17, 15) is 0 Å². The summed E-state index contributed by atoms with van der Waals surface area (Å²) in [5.74, 6) is 1.26. The van der Waals surface area contributed by atoms with Crippen LogP contribution in [-0.2, 0) is 11.3 Å². The van der Waals surface area contributed by atoms with E-state index in [1.807, 2.05) is 10.6 Å². The molecule has 0 bridgehead atoms. The molecule has 3 aromatic rings. The largest absolute Gasteiger partial charge is 0.495 e. The van der Waals surface area contributed by atoms with E-state index in [0.717, 1.165) is 37.3 Å². The van der Waals surface area contributed by atoms with E-state index in [1.165, 1.54) is 6.33 Å². The second-order valence-corrected chi connectivity index (χ2v) is 6.31. The molecule has 0 saturated carbocycles. The Kier molecular flexibility index (Phi) is 4.42. The molecule has 8 heteroatoms. The molecule has 1 aromatic carbocycles. The minimum absolute atomic E-state index is 0.226. The van der Waals surface area contributed by atoms with Crippen molar-refractivity contribution in [3.8, 4) is 5.75 Å². The predicted octanol–water partition coefficient (Wildman–Crippen LogP) is 3.41. The molecule has 0 amide bonds. The molecule has 0 radical (unpaired) electrons. The molecule has 1 aliphatic rings. The first-order valence-corrected chi connectivity index (χ1v) is 8.50. The third-order valence-electron chi connectivity index (χ3n) is 4.24. The SMILES string of the molecule is COc1ccc(Nc2ncnc3c2ncn3CC2CCCO2)cc1Cl. The van der Waals surface area contributed by atoms with Crippen LogP contribution in [0.3, 0.4) is 0 Å². The average Bonchev–Trinajstić information content (AvgIpc) is 3.27. The van der Waals surface area contributed by atoms with E-state index in [1.54, 1.807) is 25.6 Å². The Morgan fingerprint density at radius 1 is 1.36 bits per heavy atom. The van der Waals surface area contributed by atoms with E-state index in [0.29, 0.717) is 22.1 Å². The van der Waals surface area contributed by atoms with Gasteiger partial charge in [-0.1, -0.05) is 11.6 Å². The van der Waals surface area contributed by atoms with Crippen LogP contribution >= 0.6 is 11.6 Å². The Morgan fingerprint density at radius 2 is 2.28 bits per heavy atom. The number of halogens is 1. The minimum atomic E-state index is 0.226. The molecular formula is C17H18ClN5O2. The monoisotopic (exact) mass is 359 g/mol. The number of imidazole rings is 1. The topological polar surface area (TPSA) is 74.1 Å². The highest BCUT2D eigenvalue weighted by molar-refractivity contribution is 6.32. The first-order chi connectivity index (χ1) is 12.2. The molecule has 1 unspecified atom stereocenters. The van der Waals surface area contributed by atoms with Crippen molar-refractivity contribution in [2.24, 2.45) is 0 Å². The number of nitrogens with one attached hydrogen (secondary N) is 1. The van der Waals surface area contributed by atoms with Crippen LogP contribution in [0.5, 0.6) is 5.75 Å². The predicted molar refractivity (Wildman–Crippen MR) is 95.6 cm³/mol. The highest BCUT2D eigenvalue weighted by Crippen LogP contribution is 2.29. The van der Waals surface area contributed by atoms with Gasteiger partial charge in [0.15, 0.2) is 17.0 Å². The summed E-state index contributed by atoms with van der Waals surface area (Å²) in [6.45, 7) is 1.58. The van der Waals surface area contributed by atoms with Crippen LogP contribution < -0.4 is 10.1 Å². The van der Waals surface area contributed by atoms with Crippen molar-refractivity contribution in [3.05, 3.63) is 35.9 Å². The summed E-state index contributed by atoms with van der Waals surface area (Å²) in [4.78, 5) is 13.2. The van der Waals surface area contributed by atoms with Gasteiger partial charge in [-0.3, -0.25) is 0 Å². The summed E-state index contributed by atoms with van der Waals surface area (Å²) < 4.78 is 12.9. The molecule has 25 heavy (non-hydrogen) atoms. The van der Waals surface area contributed by atoms with Gasteiger partial charge in [0.05, 0.1) is 31.1 Å². The molecule has 1 fully saturated rings. The summed E-state index contributed by atoms with van der Waals surface area (Å²) in [7, 11) is 1.59. The van der Waals surface area contributed by atoms with E-state index in [2.05, 4.69) is 20.3 Å². The van der Waals surface area contributed by atoms with Crippen LogP contribution in [0.25, 0.3) is 11.2 Å². The van der Waals surface area contributed by atoms with E-state index < -0.39 is 0 Å². The van der Waals surface area contributed by atoms with Crippen molar-refractivity contribution in [2.45, 2.75) is 25.5 Å². The van der Waals surface area contributed by atoms with Gasteiger partial charge in [0.2, 0.25) is 0 Å². The molecule has 1 N–H and O–H groups in total. The molecule has 7 nitrogen and oxygen atoms in total. The number of methoxy groups -OCH3 is 1. The third kappa shape index (κ3) is 3.25. The molecule has 1 atom stereocenters. The van der Waals surface area contributed by atoms with Crippen LogP contribution in [0.15, 0.2) is 30.9 Å². The number of anilines is 2. The number of ether oxygens (including phenoxy) is 2. The summed E-state index contributed by atoms with van der Waals surface area (Å²) in [5.41, 5.74) is 2.31. The molecule has 3 heterocycles. The van der Waals surface area contributed by atoms with E-state index in [-0.39, 0.29) is 6.10 Å². The van der Waals surface area contributed by atoms with Crippen molar-refractivity contribution >= 4 is 34.3 Å². The van der Waals surface area contributed by atoms with Crippen LogP contribution in [-0.4, -0.2) is 39.3 Å².